The Kier molecular flexibility index (Phi) is 3.46. The summed E-state index contributed by atoms with van der Waals surface area (Å²) in [6, 6.07) is 16.2. The molecule has 0 aliphatic carbocycles. The van der Waals surface area contributed by atoms with Crippen molar-refractivity contribution < 1.29 is 4.79 Å². The lowest BCUT2D eigenvalue weighted by Crippen LogP contribution is -2.49. The van der Waals surface area contributed by atoms with Gasteiger partial charge in [-0.25, -0.2) is 9.78 Å². The van der Waals surface area contributed by atoms with Gasteiger partial charge in [-0.2, -0.15) is 0 Å². The van der Waals surface area contributed by atoms with Gasteiger partial charge in [0, 0.05) is 18.9 Å². The smallest absolute Gasteiger partial charge is 0.318 e. The van der Waals surface area contributed by atoms with Gasteiger partial charge < -0.3 is 14.6 Å². The molecule has 1 aromatic carbocycles. The minimum Gasteiger partial charge on any atom is -0.332 e. The average Bonchev–Trinajstić information content (AvgIpc) is 2.96. The zero-order valence-electron chi connectivity index (χ0n) is 12.7. The van der Waals surface area contributed by atoms with Crippen molar-refractivity contribution in [1.82, 2.24) is 19.6 Å². The van der Waals surface area contributed by atoms with Crippen molar-refractivity contribution in [2.75, 3.05) is 6.54 Å². The van der Waals surface area contributed by atoms with E-state index in [0.717, 1.165) is 24.3 Å². The summed E-state index contributed by atoms with van der Waals surface area (Å²) in [4.78, 5) is 18.8. The summed E-state index contributed by atoms with van der Waals surface area (Å²) in [7, 11) is 0. The minimum absolute atomic E-state index is 0.0258. The topological polar surface area (TPSA) is 49.6 Å². The van der Waals surface area contributed by atoms with Gasteiger partial charge in [-0.15, -0.1) is 0 Å². The van der Waals surface area contributed by atoms with E-state index in [1.54, 1.807) is 0 Å². The molecule has 0 saturated carbocycles. The molecule has 3 heterocycles. The Morgan fingerprint density at radius 3 is 2.74 bits per heavy atom. The van der Waals surface area contributed by atoms with Crippen molar-refractivity contribution in [2.24, 2.45) is 0 Å². The van der Waals surface area contributed by atoms with Crippen molar-refractivity contribution in [3.63, 3.8) is 0 Å². The van der Waals surface area contributed by atoms with Crippen LogP contribution in [0.5, 0.6) is 0 Å². The van der Waals surface area contributed by atoms with Crippen LogP contribution in [0.25, 0.3) is 5.65 Å². The highest BCUT2D eigenvalue weighted by Gasteiger charge is 2.33. The zero-order valence-corrected chi connectivity index (χ0v) is 12.7. The fourth-order valence-corrected chi connectivity index (χ4v) is 2.99. The molecule has 5 nitrogen and oxygen atoms in total. The van der Waals surface area contributed by atoms with E-state index in [1.807, 2.05) is 58.1 Å². The Morgan fingerprint density at radius 2 is 2.00 bits per heavy atom. The van der Waals surface area contributed by atoms with E-state index < -0.39 is 0 Å². The Labute approximate surface area is 134 Å². The molecule has 1 atom stereocenters. The first-order valence-corrected chi connectivity index (χ1v) is 7.83. The van der Waals surface area contributed by atoms with Crippen LogP contribution in [0.15, 0.2) is 60.9 Å². The molecular weight excluding hydrogens is 288 g/mol. The number of urea groups is 1. The van der Waals surface area contributed by atoms with Gasteiger partial charge >= 0.3 is 6.03 Å². The quantitative estimate of drug-likeness (QED) is 0.808. The molecule has 1 aliphatic rings. The lowest BCUT2D eigenvalue weighted by Gasteiger charge is -2.41. The number of rotatable bonds is 3. The normalized spacial score (nSPS) is 17.0. The Morgan fingerprint density at radius 1 is 1.17 bits per heavy atom. The standard InChI is InChI=1S/C18H18N4O/c23-18(22-11-9-16(22)14-6-2-1-3-7-14)19-12-15-13-21-10-5-4-8-17(21)20-15/h1-8,10,13,16H,9,11-12H2,(H,19,23)/t16-/m1/s1. The molecule has 1 N–H and O–H groups in total. The number of hydrogen-bond donors (Lipinski definition) is 1. The van der Waals surface area contributed by atoms with Crippen molar-refractivity contribution in [1.29, 1.82) is 0 Å². The number of benzene rings is 1. The number of nitrogens with zero attached hydrogens (tertiary/aromatic N) is 3. The molecule has 1 aliphatic heterocycles. The fourth-order valence-electron chi connectivity index (χ4n) is 2.99. The summed E-state index contributed by atoms with van der Waals surface area (Å²) < 4.78 is 1.96. The monoisotopic (exact) mass is 306 g/mol. The molecule has 0 radical (unpaired) electrons. The molecule has 4 rings (SSSR count). The molecule has 5 heteroatoms. The maximum absolute atomic E-state index is 12.4. The number of pyridine rings is 1. The van der Waals surface area contributed by atoms with E-state index in [9.17, 15) is 4.79 Å². The molecule has 116 valence electrons. The third-order valence-corrected chi connectivity index (χ3v) is 4.30. The molecule has 0 bridgehead atoms. The molecule has 3 aromatic rings. The number of imidazole rings is 1. The maximum atomic E-state index is 12.4. The van der Waals surface area contributed by atoms with Crippen LogP contribution in [-0.4, -0.2) is 26.9 Å². The zero-order chi connectivity index (χ0) is 15.6. The number of hydrogen-bond acceptors (Lipinski definition) is 2. The van der Waals surface area contributed by atoms with Crippen molar-refractivity contribution in [3.8, 4) is 0 Å². The van der Waals surface area contributed by atoms with Gasteiger partial charge in [-0.05, 0) is 24.1 Å². The van der Waals surface area contributed by atoms with Crippen LogP contribution >= 0.6 is 0 Å². The first-order valence-electron chi connectivity index (χ1n) is 7.83. The summed E-state index contributed by atoms with van der Waals surface area (Å²) in [5.74, 6) is 0. The van der Waals surface area contributed by atoms with E-state index in [-0.39, 0.29) is 12.1 Å². The van der Waals surface area contributed by atoms with Crippen LogP contribution in [-0.2, 0) is 6.54 Å². The lowest BCUT2D eigenvalue weighted by molar-refractivity contribution is 0.115. The molecule has 0 spiro atoms. The first-order chi connectivity index (χ1) is 11.3. The second-order valence-corrected chi connectivity index (χ2v) is 5.77. The van der Waals surface area contributed by atoms with E-state index in [1.165, 1.54) is 5.56 Å². The summed E-state index contributed by atoms with van der Waals surface area (Å²) >= 11 is 0. The van der Waals surface area contributed by atoms with Crippen molar-refractivity contribution >= 4 is 11.7 Å². The molecule has 23 heavy (non-hydrogen) atoms. The third kappa shape index (κ3) is 2.65. The maximum Gasteiger partial charge on any atom is 0.318 e. The Balaban J connectivity index is 1.40. The van der Waals surface area contributed by atoms with E-state index in [4.69, 9.17) is 0 Å². The van der Waals surface area contributed by atoms with Gasteiger partial charge in [0.15, 0.2) is 0 Å². The highest BCUT2D eigenvalue weighted by Crippen LogP contribution is 2.32. The molecular formula is C18H18N4O. The molecule has 2 aromatic heterocycles. The summed E-state index contributed by atoms with van der Waals surface area (Å²) in [5.41, 5.74) is 2.95. The lowest BCUT2D eigenvalue weighted by atomic mass is 9.95. The summed E-state index contributed by atoms with van der Waals surface area (Å²) in [6.45, 7) is 1.25. The minimum atomic E-state index is -0.0258. The van der Waals surface area contributed by atoms with E-state index in [2.05, 4.69) is 22.4 Å². The van der Waals surface area contributed by atoms with Crippen LogP contribution in [0.1, 0.15) is 23.7 Å². The molecule has 1 saturated heterocycles. The van der Waals surface area contributed by atoms with Gasteiger partial charge in [0.1, 0.15) is 5.65 Å². The Bertz CT molecular complexity index is 794. The summed E-state index contributed by atoms with van der Waals surface area (Å²) in [5, 5.41) is 2.97. The van der Waals surface area contributed by atoms with Crippen LogP contribution in [0.4, 0.5) is 4.79 Å². The predicted octanol–water partition coefficient (Wildman–Crippen LogP) is 2.99. The number of carbonyl (C=O) groups is 1. The number of likely N-dealkylation sites (tertiary alicyclic amines) is 1. The SMILES string of the molecule is O=C(NCc1cn2ccccc2n1)N1CC[C@@H]1c1ccccc1. The van der Waals surface area contributed by atoms with Crippen LogP contribution in [0.3, 0.4) is 0 Å². The fraction of sp³-hybridized carbons (Fsp3) is 0.222. The van der Waals surface area contributed by atoms with Crippen molar-refractivity contribution in [3.05, 3.63) is 72.2 Å². The van der Waals surface area contributed by atoms with Gasteiger partial charge in [-0.1, -0.05) is 36.4 Å². The highest BCUT2D eigenvalue weighted by atomic mass is 16.2. The Hall–Kier alpha value is -2.82. The number of carbonyl (C=O) groups excluding carboxylic acids is 1. The third-order valence-electron chi connectivity index (χ3n) is 4.30. The van der Waals surface area contributed by atoms with Gasteiger partial charge in [0.25, 0.3) is 0 Å². The number of aromatic nitrogens is 2. The summed E-state index contributed by atoms with van der Waals surface area (Å²) in [6.07, 6.45) is 4.92. The van der Waals surface area contributed by atoms with Crippen molar-refractivity contribution in [2.45, 2.75) is 19.0 Å². The second-order valence-electron chi connectivity index (χ2n) is 5.77. The predicted molar refractivity (Wildman–Crippen MR) is 87.9 cm³/mol. The highest BCUT2D eigenvalue weighted by molar-refractivity contribution is 5.75. The second kappa shape index (κ2) is 5.76. The van der Waals surface area contributed by atoms with Crippen LogP contribution in [0, 0.1) is 0 Å². The number of fused-ring (bicyclic) bond motifs is 1. The van der Waals surface area contributed by atoms with E-state index in [0.29, 0.717) is 6.54 Å². The van der Waals surface area contributed by atoms with Gasteiger partial charge in [0.2, 0.25) is 0 Å². The average molecular weight is 306 g/mol. The van der Waals surface area contributed by atoms with Gasteiger partial charge in [-0.3, -0.25) is 0 Å². The molecule has 2 amide bonds. The number of amides is 2. The number of nitrogens with one attached hydrogen (secondary N) is 1. The van der Waals surface area contributed by atoms with Gasteiger partial charge in [0.05, 0.1) is 18.3 Å². The first kappa shape index (κ1) is 13.8. The van der Waals surface area contributed by atoms with Crippen LogP contribution in [0.2, 0.25) is 0 Å². The van der Waals surface area contributed by atoms with Crippen LogP contribution < -0.4 is 5.32 Å². The van der Waals surface area contributed by atoms with E-state index >= 15 is 0 Å². The largest absolute Gasteiger partial charge is 0.332 e. The molecule has 1 fully saturated rings. The molecule has 0 unspecified atom stereocenters.